The predicted molar refractivity (Wildman–Crippen MR) is 644 cm³/mol. The number of aryl methyl sites for hydroxylation is 4. The summed E-state index contributed by atoms with van der Waals surface area (Å²) in [5, 5.41) is 13.7. The van der Waals surface area contributed by atoms with Crippen molar-refractivity contribution in [3.8, 4) is 0 Å². The molecule has 0 saturated carbocycles. The fourth-order valence-corrected chi connectivity index (χ4v) is 4.45. The summed E-state index contributed by atoms with van der Waals surface area (Å²) in [6, 6.07) is 34.9. The maximum Gasteiger partial charge on any atom is 0.250 e. The van der Waals surface area contributed by atoms with E-state index >= 15 is 0 Å². The number of nitrogens with zero attached hydrogens (tertiary/aromatic N) is 11. The molecule has 810 valence electrons. The molecular formula is C119H256N12OS2. The number of imidazole rings is 1. The average Bonchev–Trinajstić information content (AvgIpc) is 1.09. The molecule has 0 radical (unpaired) electrons. The summed E-state index contributed by atoms with van der Waals surface area (Å²) in [4.78, 5) is 31.9. The number of hydrogen-bond donors (Lipinski definition) is 1. The van der Waals surface area contributed by atoms with Crippen LogP contribution in [0.4, 0.5) is 0 Å². The van der Waals surface area contributed by atoms with Crippen LogP contribution in [0.25, 0.3) is 0 Å². The van der Waals surface area contributed by atoms with E-state index in [1.54, 1.807) is 125 Å². The number of pyridine rings is 2. The first-order valence-corrected chi connectivity index (χ1v) is 54.6. The second-order valence-electron chi connectivity index (χ2n) is 27.7. The normalized spacial score (nSPS) is 7.25. The van der Waals surface area contributed by atoms with E-state index in [0.717, 1.165) is 53.3 Å². The molecule has 0 unspecified atom stereocenters. The molecule has 0 aliphatic heterocycles. The Labute approximate surface area is 859 Å². The minimum Gasteiger partial charge on any atom is -0.357 e. The van der Waals surface area contributed by atoms with E-state index in [1.165, 1.54) is 22.5 Å². The van der Waals surface area contributed by atoms with Crippen LogP contribution in [0.1, 0.15) is 462 Å². The van der Waals surface area contributed by atoms with Crippen molar-refractivity contribution in [1.29, 1.82) is 0 Å². The molecule has 10 rings (SSSR count). The van der Waals surface area contributed by atoms with Crippen molar-refractivity contribution in [3.63, 3.8) is 0 Å². The molecule has 134 heavy (non-hydrogen) atoms. The number of nitrogens with one attached hydrogen (secondary N) is 1. The van der Waals surface area contributed by atoms with Gasteiger partial charge in [0.2, 0.25) is 5.56 Å². The molecule has 1 aromatic carbocycles. The molecule has 1 N–H and O–H groups in total. The van der Waals surface area contributed by atoms with Gasteiger partial charge >= 0.3 is 0 Å². The van der Waals surface area contributed by atoms with Gasteiger partial charge in [0.25, 0.3) is 0 Å². The van der Waals surface area contributed by atoms with E-state index in [0.29, 0.717) is 5.92 Å². The van der Waals surface area contributed by atoms with E-state index < -0.39 is 0 Å². The zero-order valence-electron chi connectivity index (χ0n) is 104. The lowest BCUT2D eigenvalue weighted by Crippen LogP contribution is -2.12. The number of benzene rings is 1. The van der Waals surface area contributed by atoms with Crippen LogP contribution in [0.3, 0.4) is 0 Å². The second-order valence-corrected chi connectivity index (χ2v) is 29.2. The third kappa shape index (κ3) is 470. The number of hydrogen-bond acceptors (Lipinski definition) is 10. The van der Waals surface area contributed by atoms with Crippen LogP contribution in [0, 0.1) is 53.3 Å². The Bertz CT molecular complexity index is 2370. The van der Waals surface area contributed by atoms with Gasteiger partial charge in [0.15, 0.2) is 0 Å². The monoisotopic (exact) mass is 1930 g/mol. The van der Waals surface area contributed by atoms with Crippen LogP contribution in [0.5, 0.6) is 0 Å². The lowest BCUT2D eigenvalue weighted by Gasteiger charge is -2.01. The molecule has 13 nitrogen and oxygen atoms in total. The third-order valence-electron chi connectivity index (χ3n) is 6.72. The van der Waals surface area contributed by atoms with Crippen molar-refractivity contribution in [2.45, 2.75) is 456 Å². The zero-order valence-corrected chi connectivity index (χ0v) is 106. The van der Waals surface area contributed by atoms with Crippen LogP contribution >= 0.6 is 22.7 Å². The molecule has 9 heterocycles. The van der Waals surface area contributed by atoms with Gasteiger partial charge in [-0.05, 0) is 124 Å². The Morgan fingerprint density at radius 3 is 0.612 bits per heavy atom. The zero-order chi connectivity index (χ0) is 113. The maximum atomic E-state index is 10.6. The van der Waals surface area contributed by atoms with Crippen molar-refractivity contribution >= 4 is 22.7 Å². The van der Waals surface area contributed by atoms with Gasteiger partial charge < -0.3 is 14.1 Å². The molecule has 15 heteroatoms. The van der Waals surface area contributed by atoms with E-state index in [4.69, 9.17) is 0 Å². The highest BCUT2D eigenvalue weighted by atomic mass is 32.1. The minimum atomic E-state index is 0.0347. The molecule has 0 aliphatic rings. The number of aromatic amines is 1. The van der Waals surface area contributed by atoms with E-state index in [1.807, 2.05) is 383 Å². The van der Waals surface area contributed by atoms with Crippen LogP contribution in [0.15, 0.2) is 235 Å². The largest absolute Gasteiger partial charge is 0.357 e. The van der Waals surface area contributed by atoms with E-state index in [2.05, 4.69) is 265 Å². The molecule has 0 amide bonds. The Morgan fingerprint density at radius 2 is 0.515 bits per heavy atom. The van der Waals surface area contributed by atoms with Crippen LogP contribution in [0.2, 0.25) is 0 Å². The molecule has 9 aromatic heterocycles. The molecule has 0 aliphatic carbocycles. The molecule has 0 spiro atoms. The number of aromatic nitrogens is 12. The molecule has 0 saturated heterocycles. The van der Waals surface area contributed by atoms with Crippen molar-refractivity contribution in [3.05, 3.63) is 246 Å². The van der Waals surface area contributed by atoms with Gasteiger partial charge in [-0.15, -0.1) is 11.3 Å². The summed E-state index contributed by atoms with van der Waals surface area (Å²) in [7, 11) is 7.50. The summed E-state index contributed by atoms with van der Waals surface area (Å²) >= 11 is 3.31. The first-order valence-electron chi connectivity index (χ1n) is 52.8. The predicted octanol–water partition coefficient (Wildman–Crippen LogP) is 43.4. The Hall–Kier alpha value is -7.36. The fraction of sp³-hybridized carbons (Fsp3) is 0.664. The molecular weight excluding hydrogens is 1680 g/mol. The summed E-state index contributed by atoms with van der Waals surface area (Å²) < 4.78 is 7.03. The fourth-order valence-electron chi connectivity index (χ4n) is 3.64. The molecule has 0 bridgehead atoms. The quantitative estimate of drug-likeness (QED) is 0.171. The average molecular weight is 1940 g/mol. The van der Waals surface area contributed by atoms with Gasteiger partial charge in [0, 0.05) is 126 Å². The summed E-state index contributed by atoms with van der Waals surface area (Å²) in [6.45, 7) is 135. The molecule has 10 aromatic rings. The van der Waals surface area contributed by atoms with Crippen LogP contribution in [-0.2, 0) is 28.2 Å². The van der Waals surface area contributed by atoms with Gasteiger partial charge in [-0.2, -0.15) is 21.5 Å². The van der Waals surface area contributed by atoms with Crippen LogP contribution in [-0.4, -0.2) is 58.6 Å². The molecule has 0 atom stereocenters. The number of rotatable bonds is 1. The lowest BCUT2D eigenvalue weighted by atomic mass is 10.0. The van der Waals surface area contributed by atoms with Gasteiger partial charge in [0.05, 0.1) is 11.8 Å². The Kier molecular flexibility index (Phi) is 373. The summed E-state index contributed by atoms with van der Waals surface area (Å²) in [6.07, 6.45) is 28.2. The highest BCUT2D eigenvalue weighted by molar-refractivity contribution is 7.07. The smallest absolute Gasteiger partial charge is 0.250 e. The van der Waals surface area contributed by atoms with E-state index in [9.17, 15) is 4.79 Å². The highest BCUT2D eigenvalue weighted by Gasteiger charge is 1.93. The number of thiazole rings is 1. The standard InChI is InChI=1S/C9H12.C6H7NO.C5H7N.C5H5N.2C4H6N2.C4H4N2.C4H4S.9C4H10.C3H4N2.C3H3NS.18C2H6/c1-8(2)9-6-4-3-5-7-9;1-7-5-3-2-4-6(7)8;1-6-4-2-3-5-6;1-2-4-6-5-3-1;2*1-6-4-2-3-5-6;1-2-5-4-6-3-1;1-2-4-5-3-1;9*1-4(2)3;2*1-2-5-3-4-1;18*1-2/h3-8H,1-2H3;2-5H,1H3;2-5H,1H3;1-5H;2*2-4H,1H3;1-4H;1-4H;9*4H,1-3H3;1-3H,(H,4,5);1-3H;18*1-2H3. The number of H-pyrrole nitrogens is 1. The first-order chi connectivity index (χ1) is 63.9. The van der Waals surface area contributed by atoms with Gasteiger partial charge in [0.1, 0.15) is 6.33 Å². The SMILES string of the molecule is CC.CC.CC.CC.CC.CC.CC.CC.CC.CC.CC.CC.CC.CC.CC.CC.CC.CC.CC(C)C.CC(C)C.CC(C)C.CC(C)C.CC(C)C.CC(C)C.CC(C)C.CC(C)C.CC(C)C.CC(C)c1ccccc1.Cn1cccc1.Cn1ccccc1=O.Cn1cccn1.Cn1cccn1.c1c[nH]cn1.c1ccncc1.c1ccsc1.c1cncnc1.c1cscn1. The van der Waals surface area contributed by atoms with Crippen molar-refractivity contribution in [2.24, 2.45) is 81.5 Å². The third-order valence-corrected chi connectivity index (χ3v) is 7.87. The second kappa shape index (κ2) is 248. The lowest BCUT2D eigenvalue weighted by molar-refractivity contribution is 0.736. The summed E-state index contributed by atoms with van der Waals surface area (Å²) in [5.74, 6) is 8.16. The minimum absolute atomic E-state index is 0.0347. The van der Waals surface area contributed by atoms with Gasteiger partial charge in [-0.25, -0.2) is 15.0 Å². The number of thiophene rings is 1. The van der Waals surface area contributed by atoms with E-state index in [-0.39, 0.29) is 5.56 Å². The van der Waals surface area contributed by atoms with Gasteiger partial charge in [-0.1, -0.05) is 505 Å². The van der Waals surface area contributed by atoms with Crippen molar-refractivity contribution < 1.29 is 0 Å². The van der Waals surface area contributed by atoms with Crippen LogP contribution < -0.4 is 5.56 Å². The maximum absolute atomic E-state index is 10.6. The van der Waals surface area contributed by atoms with Gasteiger partial charge in [-0.3, -0.25) is 24.1 Å². The summed E-state index contributed by atoms with van der Waals surface area (Å²) in [5.41, 5.74) is 3.24. The van der Waals surface area contributed by atoms with Crippen molar-refractivity contribution in [1.82, 2.24) is 58.6 Å². The first kappa shape index (κ1) is 201. The topological polar surface area (TPSA) is 143 Å². The Morgan fingerprint density at radius 1 is 0.246 bits per heavy atom. The molecule has 0 fully saturated rings. The van der Waals surface area contributed by atoms with Crippen molar-refractivity contribution in [2.75, 3.05) is 0 Å². The highest BCUT2D eigenvalue weighted by Crippen LogP contribution is 2.11. The Balaban J connectivity index is -0.0000000355.